The number of rotatable bonds is 13. The molecule has 1 atom stereocenters. The summed E-state index contributed by atoms with van der Waals surface area (Å²) < 4.78 is 39.5. The molecule has 1 N–H and O–H groups in total. The molecule has 0 fully saturated rings. The molecular formula is C30H37N3O6S. The highest BCUT2D eigenvalue weighted by atomic mass is 32.2. The van der Waals surface area contributed by atoms with Gasteiger partial charge in [0.2, 0.25) is 11.8 Å². The number of carbonyl (C=O) groups is 2. The summed E-state index contributed by atoms with van der Waals surface area (Å²) in [6.45, 7) is 7.18. The van der Waals surface area contributed by atoms with E-state index < -0.39 is 28.5 Å². The predicted octanol–water partition coefficient (Wildman–Crippen LogP) is 4.23. The third-order valence-electron chi connectivity index (χ3n) is 6.16. The fourth-order valence-electron chi connectivity index (χ4n) is 4.04. The van der Waals surface area contributed by atoms with Crippen LogP contribution in [-0.2, 0) is 26.2 Å². The number of ether oxygens (including phenoxy) is 2. The molecule has 0 bridgehead atoms. The number of para-hydroxylation sites is 1. The van der Waals surface area contributed by atoms with E-state index in [0.717, 1.165) is 9.87 Å². The van der Waals surface area contributed by atoms with Crippen LogP contribution in [0.4, 0.5) is 5.69 Å². The summed E-state index contributed by atoms with van der Waals surface area (Å²) in [6.07, 6.45) is 0. The van der Waals surface area contributed by atoms with E-state index in [2.05, 4.69) is 5.32 Å². The van der Waals surface area contributed by atoms with Gasteiger partial charge in [0.1, 0.15) is 24.1 Å². The second-order valence-electron chi connectivity index (χ2n) is 9.46. The van der Waals surface area contributed by atoms with E-state index in [0.29, 0.717) is 23.8 Å². The van der Waals surface area contributed by atoms with Crippen LogP contribution in [0.5, 0.6) is 11.5 Å². The molecule has 3 aromatic rings. The fraction of sp³-hybridized carbons (Fsp3) is 0.333. The highest BCUT2D eigenvalue weighted by molar-refractivity contribution is 7.92. The van der Waals surface area contributed by atoms with Crippen LogP contribution in [0.3, 0.4) is 0 Å². The Kier molecular flexibility index (Phi) is 10.6. The third-order valence-corrected chi connectivity index (χ3v) is 7.94. The van der Waals surface area contributed by atoms with Gasteiger partial charge in [-0.2, -0.15) is 0 Å². The maximum atomic E-state index is 13.9. The molecule has 0 aliphatic carbocycles. The Morgan fingerprint density at radius 3 is 2.02 bits per heavy atom. The lowest BCUT2D eigenvalue weighted by atomic mass is 10.1. The van der Waals surface area contributed by atoms with Crippen LogP contribution >= 0.6 is 0 Å². The first kappa shape index (κ1) is 30.5. The van der Waals surface area contributed by atoms with Crippen molar-refractivity contribution in [2.24, 2.45) is 0 Å². The molecule has 0 saturated carbocycles. The van der Waals surface area contributed by atoms with Gasteiger partial charge in [0.15, 0.2) is 0 Å². The third kappa shape index (κ3) is 7.75. The molecule has 10 heteroatoms. The van der Waals surface area contributed by atoms with Gasteiger partial charge in [0, 0.05) is 12.6 Å². The minimum atomic E-state index is -4.15. The Morgan fingerprint density at radius 1 is 0.875 bits per heavy atom. The Bertz CT molecular complexity index is 1360. The first-order valence-electron chi connectivity index (χ1n) is 13.1. The molecule has 0 aliphatic heterocycles. The molecule has 3 rings (SSSR count). The van der Waals surface area contributed by atoms with Gasteiger partial charge in [-0.15, -0.1) is 0 Å². The van der Waals surface area contributed by atoms with Gasteiger partial charge < -0.3 is 19.7 Å². The highest BCUT2D eigenvalue weighted by Gasteiger charge is 2.32. The molecule has 0 aromatic heterocycles. The molecule has 2 amide bonds. The van der Waals surface area contributed by atoms with Crippen LogP contribution in [-0.4, -0.2) is 57.5 Å². The molecule has 0 heterocycles. The van der Waals surface area contributed by atoms with E-state index in [1.165, 1.54) is 17.0 Å². The average Bonchev–Trinajstić information content (AvgIpc) is 2.95. The maximum absolute atomic E-state index is 13.9. The summed E-state index contributed by atoms with van der Waals surface area (Å²) in [4.78, 5) is 28.3. The summed E-state index contributed by atoms with van der Waals surface area (Å²) in [7, 11) is -2.59. The number of nitrogens with one attached hydrogen (secondary N) is 1. The van der Waals surface area contributed by atoms with E-state index in [1.54, 1.807) is 80.8 Å². The van der Waals surface area contributed by atoms with E-state index >= 15 is 0 Å². The lowest BCUT2D eigenvalue weighted by Crippen LogP contribution is -2.52. The Hall–Kier alpha value is -4.05. The molecule has 3 aromatic carbocycles. The lowest BCUT2D eigenvalue weighted by molar-refractivity contribution is -0.139. The fourth-order valence-corrected chi connectivity index (χ4v) is 5.45. The van der Waals surface area contributed by atoms with Gasteiger partial charge in [0.25, 0.3) is 10.0 Å². The van der Waals surface area contributed by atoms with Crippen molar-refractivity contribution < 1.29 is 27.5 Å². The van der Waals surface area contributed by atoms with Crippen molar-refractivity contribution in [1.29, 1.82) is 0 Å². The second kappa shape index (κ2) is 13.8. The first-order valence-corrected chi connectivity index (χ1v) is 14.5. The Morgan fingerprint density at radius 2 is 1.48 bits per heavy atom. The van der Waals surface area contributed by atoms with Crippen LogP contribution in [0.15, 0.2) is 83.8 Å². The number of hydrogen-bond acceptors (Lipinski definition) is 6. The molecule has 0 aliphatic rings. The monoisotopic (exact) mass is 567 g/mol. The van der Waals surface area contributed by atoms with Crippen LogP contribution < -0.4 is 19.1 Å². The number of sulfonamides is 1. The van der Waals surface area contributed by atoms with Crippen molar-refractivity contribution in [2.75, 3.05) is 24.6 Å². The van der Waals surface area contributed by atoms with Crippen LogP contribution in [0.1, 0.15) is 33.3 Å². The van der Waals surface area contributed by atoms with E-state index in [4.69, 9.17) is 9.47 Å². The largest absolute Gasteiger partial charge is 0.497 e. The van der Waals surface area contributed by atoms with Gasteiger partial charge in [-0.25, -0.2) is 8.42 Å². The normalized spacial score (nSPS) is 11.9. The number of amides is 2. The highest BCUT2D eigenvalue weighted by Crippen LogP contribution is 2.26. The molecule has 214 valence electrons. The van der Waals surface area contributed by atoms with Crippen LogP contribution in [0.25, 0.3) is 0 Å². The number of methoxy groups -OCH3 is 1. The number of anilines is 1. The summed E-state index contributed by atoms with van der Waals surface area (Å²) in [5.74, 6) is 0.335. The van der Waals surface area contributed by atoms with Gasteiger partial charge in [-0.3, -0.25) is 13.9 Å². The standard InChI is InChI=1S/C30H37N3O6S/c1-6-39-27-16-18-28(19-17-27)40(36,37)33(25-10-8-7-9-11-25)21-29(34)32(23(4)30(35)31-22(2)3)20-24-12-14-26(38-5)15-13-24/h7-19,22-23H,6,20-21H2,1-5H3,(H,31,35). The number of hydrogen-bond donors (Lipinski definition) is 1. The molecule has 9 nitrogen and oxygen atoms in total. The van der Waals surface area contributed by atoms with Gasteiger partial charge in [-0.05, 0) is 81.8 Å². The summed E-state index contributed by atoms with van der Waals surface area (Å²) in [6, 6.07) is 20.6. The van der Waals surface area contributed by atoms with Crippen molar-refractivity contribution in [1.82, 2.24) is 10.2 Å². The number of carbonyl (C=O) groups excluding carboxylic acids is 2. The molecule has 0 radical (unpaired) electrons. The second-order valence-corrected chi connectivity index (χ2v) is 11.3. The minimum Gasteiger partial charge on any atom is -0.497 e. The van der Waals surface area contributed by atoms with E-state index in [9.17, 15) is 18.0 Å². The number of nitrogens with zero attached hydrogens (tertiary/aromatic N) is 2. The Balaban J connectivity index is 1.98. The summed E-state index contributed by atoms with van der Waals surface area (Å²) in [5, 5.41) is 2.84. The van der Waals surface area contributed by atoms with Crippen molar-refractivity contribution in [2.45, 2.75) is 51.2 Å². The molecule has 1 unspecified atom stereocenters. The molecule has 40 heavy (non-hydrogen) atoms. The Labute approximate surface area is 236 Å². The van der Waals surface area contributed by atoms with Crippen molar-refractivity contribution in [3.8, 4) is 11.5 Å². The van der Waals surface area contributed by atoms with Crippen LogP contribution in [0, 0.1) is 0 Å². The average molecular weight is 568 g/mol. The molecule has 0 spiro atoms. The van der Waals surface area contributed by atoms with Gasteiger partial charge in [0.05, 0.1) is 24.3 Å². The topological polar surface area (TPSA) is 105 Å². The summed E-state index contributed by atoms with van der Waals surface area (Å²) >= 11 is 0. The minimum absolute atomic E-state index is 0.0138. The smallest absolute Gasteiger partial charge is 0.264 e. The zero-order chi connectivity index (χ0) is 29.3. The van der Waals surface area contributed by atoms with Crippen molar-refractivity contribution >= 4 is 27.5 Å². The zero-order valence-corrected chi connectivity index (χ0v) is 24.4. The predicted molar refractivity (Wildman–Crippen MR) is 155 cm³/mol. The lowest BCUT2D eigenvalue weighted by Gasteiger charge is -2.32. The molecule has 0 saturated heterocycles. The van der Waals surface area contributed by atoms with E-state index in [1.807, 2.05) is 20.8 Å². The van der Waals surface area contributed by atoms with Gasteiger partial charge in [-0.1, -0.05) is 30.3 Å². The maximum Gasteiger partial charge on any atom is 0.264 e. The number of benzene rings is 3. The van der Waals surface area contributed by atoms with Crippen LogP contribution in [0.2, 0.25) is 0 Å². The first-order chi connectivity index (χ1) is 19.1. The quantitative estimate of drug-likeness (QED) is 0.332. The SMILES string of the molecule is CCOc1ccc(S(=O)(=O)N(CC(=O)N(Cc2ccc(OC)cc2)C(C)C(=O)NC(C)C)c2ccccc2)cc1. The summed E-state index contributed by atoms with van der Waals surface area (Å²) in [5.41, 5.74) is 1.09. The van der Waals surface area contributed by atoms with Crippen molar-refractivity contribution in [3.05, 3.63) is 84.4 Å². The molecular weight excluding hydrogens is 530 g/mol. The van der Waals surface area contributed by atoms with Gasteiger partial charge >= 0.3 is 0 Å². The van der Waals surface area contributed by atoms with Crippen molar-refractivity contribution in [3.63, 3.8) is 0 Å². The van der Waals surface area contributed by atoms with E-state index in [-0.39, 0.29) is 23.4 Å². The zero-order valence-electron chi connectivity index (χ0n) is 23.5.